The molecule has 0 aliphatic rings. The summed E-state index contributed by atoms with van der Waals surface area (Å²) in [6.45, 7) is 3.83. The van der Waals surface area contributed by atoms with Gasteiger partial charge in [-0.1, -0.05) is 0 Å². The molecule has 1 heterocycles. The highest BCUT2D eigenvalue weighted by Crippen LogP contribution is 2.26. The van der Waals surface area contributed by atoms with Crippen molar-refractivity contribution in [2.75, 3.05) is 0 Å². The second-order valence-electron chi connectivity index (χ2n) is 5.49. The number of aryl methyl sites for hydroxylation is 2. The molecule has 0 aliphatic carbocycles. The first-order chi connectivity index (χ1) is 10.8. The predicted molar refractivity (Wildman–Crippen MR) is 84.4 cm³/mol. The number of carbonyl (C=O) groups is 2. The third-order valence-corrected chi connectivity index (χ3v) is 3.84. The van der Waals surface area contributed by atoms with Crippen LogP contribution in [-0.2, 0) is 11.2 Å². The van der Waals surface area contributed by atoms with Crippen LogP contribution in [0.2, 0.25) is 0 Å². The average molecular weight is 317 g/mol. The Morgan fingerprint density at radius 2 is 1.83 bits per heavy atom. The first-order valence-corrected chi connectivity index (χ1v) is 7.27. The number of hydrogen-bond donors (Lipinski definition) is 3. The summed E-state index contributed by atoms with van der Waals surface area (Å²) < 4.78 is 1.92. The minimum atomic E-state index is -1.18. The summed E-state index contributed by atoms with van der Waals surface area (Å²) >= 11 is 0. The van der Waals surface area contributed by atoms with Crippen molar-refractivity contribution in [3.05, 3.63) is 46.8 Å². The maximum absolute atomic E-state index is 11.0. The number of aromatic carboxylic acids is 1. The zero-order valence-electron chi connectivity index (χ0n) is 13.0. The van der Waals surface area contributed by atoms with Gasteiger partial charge in [0, 0.05) is 29.6 Å². The fourth-order valence-electron chi connectivity index (χ4n) is 2.75. The Morgan fingerprint density at radius 3 is 2.39 bits per heavy atom. The molecule has 2 rings (SSSR count). The van der Waals surface area contributed by atoms with Crippen LogP contribution in [0.25, 0.3) is 5.69 Å². The molecule has 2 aromatic rings. The number of hydrogen-bond acceptors (Lipinski definition) is 3. The van der Waals surface area contributed by atoms with Crippen molar-refractivity contribution in [3.63, 3.8) is 0 Å². The molecule has 0 fully saturated rings. The number of aromatic nitrogens is 1. The Balaban J connectivity index is 2.33. The van der Waals surface area contributed by atoms with Gasteiger partial charge in [-0.15, -0.1) is 0 Å². The van der Waals surface area contributed by atoms with Crippen molar-refractivity contribution in [3.8, 4) is 11.4 Å². The average Bonchev–Trinajstić information content (AvgIpc) is 2.72. The van der Waals surface area contributed by atoms with Gasteiger partial charge >= 0.3 is 11.9 Å². The smallest absolute Gasteiger partial charge is 0.339 e. The monoisotopic (exact) mass is 317 g/mol. The second-order valence-corrected chi connectivity index (χ2v) is 5.49. The zero-order valence-corrected chi connectivity index (χ0v) is 13.0. The molecule has 0 radical (unpaired) electrons. The highest BCUT2D eigenvalue weighted by atomic mass is 16.4. The molecule has 0 atom stereocenters. The van der Waals surface area contributed by atoms with E-state index in [0.717, 1.165) is 17.0 Å². The normalized spacial score (nSPS) is 10.7. The highest BCUT2D eigenvalue weighted by Gasteiger charge is 2.14. The first kappa shape index (κ1) is 16.6. The quantitative estimate of drug-likeness (QED) is 0.760. The Morgan fingerprint density at radius 1 is 1.13 bits per heavy atom. The fourth-order valence-corrected chi connectivity index (χ4v) is 2.75. The number of aromatic hydroxyl groups is 1. The van der Waals surface area contributed by atoms with E-state index in [0.29, 0.717) is 18.5 Å². The van der Waals surface area contributed by atoms with Crippen LogP contribution in [0.3, 0.4) is 0 Å². The molecule has 0 aliphatic heterocycles. The van der Waals surface area contributed by atoms with Crippen molar-refractivity contribution < 1.29 is 24.9 Å². The molecular weight excluding hydrogens is 298 g/mol. The Bertz CT molecular complexity index is 761. The Labute approximate surface area is 133 Å². The highest BCUT2D eigenvalue weighted by molar-refractivity contribution is 5.91. The van der Waals surface area contributed by atoms with Crippen LogP contribution >= 0.6 is 0 Å². The van der Waals surface area contributed by atoms with Crippen molar-refractivity contribution in [1.29, 1.82) is 0 Å². The molecule has 122 valence electrons. The molecule has 6 heteroatoms. The predicted octanol–water partition coefficient (Wildman–Crippen LogP) is 2.91. The lowest BCUT2D eigenvalue weighted by atomic mass is 10.1. The van der Waals surface area contributed by atoms with Gasteiger partial charge in [0.1, 0.15) is 11.3 Å². The van der Waals surface area contributed by atoms with Gasteiger partial charge < -0.3 is 19.9 Å². The number of benzene rings is 1. The van der Waals surface area contributed by atoms with E-state index in [4.69, 9.17) is 10.2 Å². The van der Waals surface area contributed by atoms with E-state index in [1.54, 1.807) is 6.07 Å². The van der Waals surface area contributed by atoms with Crippen LogP contribution in [-0.4, -0.2) is 31.8 Å². The van der Waals surface area contributed by atoms with E-state index in [2.05, 4.69) is 0 Å². The Kier molecular flexibility index (Phi) is 4.74. The lowest BCUT2D eigenvalue weighted by Crippen LogP contribution is -2.02. The SMILES string of the molecule is Cc1cc(CCCC(=O)O)c(C)n1-c1ccc(C(=O)O)c(O)c1. The van der Waals surface area contributed by atoms with Crippen molar-refractivity contribution >= 4 is 11.9 Å². The summed E-state index contributed by atoms with van der Waals surface area (Å²) in [5, 5.41) is 27.5. The number of phenols is 1. The van der Waals surface area contributed by atoms with E-state index < -0.39 is 11.9 Å². The molecule has 0 bridgehead atoms. The van der Waals surface area contributed by atoms with Crippen molar-refractivity contribution in [2.24, 2.45) is 0 Å². The lowest BCUT2D eigenvalue weighted by Gasteiger charge is -2.11. The molecular formula is C17H19NO5. The zero-order chi connectivity index (χ0) is 17.1. The van der Waals surface area contributed by atoms with Crippen molar-refractivity contribution in [1.82, 2.24) is 4.57 Å². The number of aliphatic carboxylic acids is 1. The molecule has 6 nitrogen and oxygen atoms in total. The van der Waals surface area contributed by atoms with E-state index in [1.807, 2.05) is 24.5 Å². The van der Waals surface area contributed by atoms with Gasteiger partial charge in [-0.3, -0.25) is 4.79 Å². The molecule has 1 aromatic carbocycles. The third kappa shape index (κ3) is 3.53. The minimum Gasteiger partial charge on any atom is -0.507 e. The maximum Gasteiger partial charge on any atom is 0.339 e. The number of carboxylic acids is 2. The summed E-state index contributed by atoms with van der Waals surface area (Å²) in [6.07, 6.45) is 1.34. The molecule has 0 saturated heterocycles. The van der Waals surface area contributed by atoms with E-state index in [-0.39, 0.29) is 17.7 Å². The van der Waals surface area contributed by atoms with Gasteiger partial charge in [0.2, 0.25) is 0 Å². The van der Waals surface area contributed by atoms with Crippen LogP contribution in [0.1, 0.15) is 40.2 Å². The van der Waals surface area contributed by atoms with Gasteiger partial charge in [-0.05, 0) is 50.5 Å². The van der Waals surface area contributed by atoms with Gasteiger partial charge in [0.15, 0.2) is 0 Å². The summed E-state index contributed by atoms with van der Waals surface area (Å²) in [4.78, 5) is 21.6. The first-order valence-electron chi connectivity index (χ1n) is 7.27. The summed E-state index contributed by atoms with van der Waals surface area (Å²) in [7, 11) is 0. The number of rotatable bonds is 6. The molecule has 1 aromatic heterocycles. The van der Waals surface area contributed by atoms with Gasteiger partial charge in [-0.2, -0.15) is 0 Å². The van der Waals surface area contributed by atoms with E-state index in [9.17, 15) is 14.7 Å². The standard InChI is InChI=1S/C17H19NO5/c1-10-8-12(4-3-5-16(20)21)11(2)18(10)13-6-7-14(17(22)23)15(19)9-13/h6-9,19H,3-5H2,1-2H3,(H,20,21)(H,22,23). The molecule has 0 saturated carbocycles. The van der Waals surface area contributed by atoms with Gasteiger partial charge in [0.25, 0.3) is 0 Å². The largest absolute Gasteiger partial charge is 0.507 e. The molecule has 0 spiro atoms. The fraction of sp³-hybridized carbons (Fsp3) is 0.294. The summed E-state index contributed by atoms with van der Waals surface area (Å²) in [5.74, 6) is -2.27. The van der Waals surface area contributed by atoms with Gasteiger partial charge in [0.05, 0.1) is 0 Å². The molecule has 23 heavy (non-hydrogen) atoms. The topological polar surface area (TPSA) is 99.8 Å². The van der Waals surface area contributed by atoms with Crippen LogP contribution in [0.5, 0.6) is 5.75 Å². The molecule has 3 N–H and O–H groups in total. The minimum absolute atomic E-state index is 0.123. The summed E-state index contributed by atoms with van der Waals surface area (Å²) in [5.41, 5.74) is 3.47. The molecule has 0 unspecified atom stereocenters. The van der Waals surface area contributed by atoms with Gasteiger partial charge in [-0.25, -0.2) is 4.79 Å². The second kappa shape index (κ2) is 6.56. The van der Waals surface area contributed by atoms with Crippen LogP contribution in [0.4, 0.5) is 0 Å². The lowest BCUT2D eigenvalue weighted by molar-refractivity contribution is -0.137. The van der Waals surface area contributed by atoms with Crippen LogP contribution in [0.15, 0.2) is 24.3 Å². The van der Waals surface area contributed by atoms with Crippen molar-refractivity contribution in [2.45, 2.75) is 33.1 Å². The summed E-state index contributed by atoms with van der Waals surface area (Å²) in [6, 6.07) is 6.42. The number of carboxylic acid groups (broad SMARTS) is 2. The van der Waals surface area contributed by atoms with Crippen LogP contribution in [0, 0.1) is 13.8 Å². The van der Waals surface area contributed by atoms with Crippen LogP contribution < -0.4 is 0 Å². The molecule has 0 amide bonds. The Hall–Kier alpha value is -2.76. The van der Waals surface area contributed by atoms with E-state index in [1.165, 1.54) is 12.1 Å². The maximum atomic E-state index is 11.0. The number of nitrogens with zero attached hydrogens (tertiary/aromatic N) is 1. The van der Waals surface area contributed by atoms with E-state index >= 15 is 0 Å². The third-order valence-electron chi connectivity index (χ3n) is 3.84.